The fraction of sp³-hybridized carbons (Fsp3) is 0.500. The van der Waals surface area contributed by atoms with Crippen molar-refractivity contribution in [3.05, 3.63) is 59.7 Å². The lowest BCUT2D eigenvalue weighted by Crippen LogP contribution is -2.40. The number of carbonyl (C=O) groups excluding carboxylic acids is 2. The number of carbonyl (C=O) groups is 2. The Kier molecular flexibility index (Phi) is 9.11. The molecule has 2 amide bonds. The van der Waals surface area contributed by atoms with E-state index in [0.29, 0.717) is 13.1 Å². The molecule has 6 heteroatoms. The predicted molar refractivity (Wildman–Crippen MR) is 138 cm³/mol. The smallest absolute Gasteiger partial charge is 0.230 e. The lowest BCUT2D eigenvalue weighted by Gasteiger charge is -2.31. The predicted octanol–water partition coefficient (Wildman–Crippen LogP) is 5.05. The zero-order chi connectivity index (χ0) is 24.7. The van der Waals surface area contributed by atoms with Crippen LogP contribution in [0, 0.1) is 5.92 Å². The summed E-state index contributed by atoms with van der Waals surface area (Å²) in [6.07, 6.45) is 2.79. The summed E-state index contributed by atoms with van der Waals surface area (Å²) in [5, 5.41) is 3.00. The van der Waals surface area contributed by atoms with E-state index in [4.69, 9.17) is 4.74 Å². The molecule has 2 aromatic rings. The Labute approximate surface area is 204 Å². The molecule has 6 nitrogen and oxygen atoms in total. The molecule has 1 heterocycles. The summed E-state index contributed by atoms with van der Waals surface area (Å²) >= 11 is 0. The Bertz CT molecular complexity index is 953. The van der Waals surface area contributed by atoms with E-state index < -0.39 is 0 Å². The molecule has 2 atom stereocenters. The van der Waals surface area contributed by atoms with Crippen LogP contribution in [0.1, 0.15) is 57.1 Å². The SMILES string of the molecule is CC[C@H](C(=O)N(Cc1cc(NC(=O)C(C)C)ccc1N(C)C)C[C@H]1CCCO1)c1ccccc1. The summed E-state index contributed by atoms with van der Waals surface area (Å²) in [6.45, 7) is 7.59. The van der Waals surface area contributed by atoms with Gasteiger partial charge in [0, 0.05) is 51.1 Å². The molecule has 1 aliphatic rings. The minimum absolute atomic E-state index is 0.0223. The Morgan fingerprint density at radius 2 is 1.85 bits per heavy atom. The highest BCUT2D eigenvalue weighted by Gasteiger charge is 2.29. The highest BCUT2D eigenvalue weighted by atomic mass is 16.5. The first-order chi connectivity index (χ1) is 16.3. The van der Waals surface area contributed by atoms with Crippen molar-refractivity contribution in [3.63, 3.8) is 0 Å². The Morgan fingerprint density at radius 1 is 1.12 bits per heavy atom. The summed E-state index contributed by atoms with van der Waals surface area (Å²) < 4.78 is 5.91. The van der Waals surface area contributed by atoms with Gasteiger partial charge >= 0.3 is 0 Å². The van der Waals surface area contributed by atoms with Crippen LogP contribution in [0.25, 0.3) is 0 Å². The van der Waals surface area contributed by atoms with E-state index >= 15 is 0 Å². The molecule has 184 valence electrons. The number of nitrogens with one attached hydrogen (secondary N) is 1. The molecule has 1 saturated heterocycles. The number of hydrogen-bond donors (Lipinski definition) is 1. The van der Waals surface area contributed by atoms with Gasteiger partial charge in [0.05, 0.1) is 12.0 Å². The first-order valence-electron chi connectivity index (χ1n) is 12.4. The number of nitrogens with zero attached hydrogens (tertiary/aromatic N) is 2. The monoisotopic (exact) mass is 465 g/mol. The van der Waals surface area contributed by atoms with Gasteiger partial charge in [-0.05, 0) is 48.6 Å². The minimum Gasteiger partial charge on any atom is -0.377 e. The second kappa shape index (κ2) is 12.0. The highest BCUT2D eigenvalue weighted by molar-refractivity contribution is 5.92. The van der Waals surface area contributed by atoms with Crippen molar-refractivity contribution in [2.45, 2.75) is 58.6 Å². The summed E-state index contributed by atoms with van der Waals surface area (Å²) in [6, 6.07) is 15.9. The van der Waals surface area contributed by atoms with Crippen molar-refractivity contribution in [3.8, 4) is 0 Å². The van der Waals surface area contributed by atoms with Crippen molar-refractivity contribution >= 4 is 23.2 Å². The minimum atomic E-state index is -0.200. The van der Waals surface area contributed by atoms with E-state index in [-0.39, 0.29) is 29.8 Å². The number of anilines is 2. The van der Waals surface area contributed by atoms with Crippen LogP contribution in [0.2, 0.25) is 0 Å². The van der Waals surface area contributed by atoms with E-state index in [2.05, 4.69) is 12.2 Å². The maximum absolute atomic E-state index is 13.9. The van der Waals surface area contributed by atoms with Crippen LogP contribution in [-0.4, -0.2) is 50.1 Å². The van der Waals surface area contributed by atoms with Crippen LogP contribution in [-0.2, 0) is 20.9 Å². The quantitative estimate of drug-likeness (QED) is 0.533. The van der Waals surface area contributed by atoms with Crippen LogP contribution in [0.4, 0.5) is 11.4 Å². The molecule has 1 fully saturated rings. The third-order valence-corrected chi connectivity index (χ3v) is 6.38. The van der Waals surface area contributed by atoms with Crippen LogP contribution < -0.4 is 10.2 Å². The van der Waals surface area contributed by atoms with Crippen molar-refractivity contribution in [2.24, 2.45) is 5.92 Å². The molecule has 34 heavy (non-hydrogen) atoms. The van der Waals surface area contributed by atoms with Gasteiger partial charge in [-0.25, -0.2) is 0 Å². The third-order valence-electron chi connectivity index (χ3n) is 6.38. The lowest BCUT2D eigenvalue weighted by molar-refractivity contribution is -0.135. The largest absolute Gasteiger partial charge is 0.377 e. The van der Waals surface area contributed by atoms with Gasteiger partial charge in [-0.3, -0.25) is 9.59 Å². The number of amides is 2. The molecule has 0 aromatic heterocycles. The third kappa shape index (κ3) is 6.60. The van der Waals surface area contributed by atoms with Gasteiger partial charge in [-0.2, -0.15) is 0 Å². The highest BCUT2D eigenvalue weighted by Crippen LogP contribution is 2.29. The first-order valence-corrected chi connectivity index (χ1v) is 12.4. The Balaban J connectivity index is 1.93. The topological polar surface area (TPSA) is 61.9 Å². The van der Waals surface area contributed by atoms with Crippen LogP contribution in [0.5, 0.6) is 0 Å². The average molecular weight is 466 g/mol. The Morgan fingerprint density at radius 3 is 2.44 bits per heavy atom. The molecular formula is C28H39N3O3. The molecule has 0 aliphatic carbocycles. The molecule has 0 bridgehead atoms. The molecule has 1 aliphatic heterocycles. The van der Waals surface area contributed by atoms with E-state index in [1.807, 2.05) is 86.3 Å². The molecule has 0 saturated carbocycles. The molecule has 3 rings (SSSR count). The molecular weight excluding hydrogens is 426 g/mol. The molecule has 2 aromatic carbocycles. The maximum atomic E-state index is 13.9. The second-order valence-electron chi connectivity index (χ2n) is 9.61. The summed E-state index contributed by atoms with van der Waals surface area (Å²) in [7, 11) is 3.99. The molecule has 0 unspecified atom stereocenters. The van der Waals surface area contributed by atoms with Gasteiger partial charge in [0.15, 0.2) is 0 Å². The van der Waals surface area contributed by atoms with Crippen molar-refractivity contribution in [1.82, 2.24) is 4.90 Å². The van der Waals surface area contributed by atoms with Crippen LogP contribution in [0.15, 0.2) is 48.5 Å². The number of ether oxygens (including phenoxy) is 1. The van der Waals surface area contributed by atoms with E-state index in [1.165, 1.54) is 0 Å². The van der Waals surface area contributed by atoms with E-state index in [0.717, 1.165) is 48.4 Å². The molecule has 1 N–H and O–H groups in total. The molecule has 0 radical (unpaired) electrons. The average Bonchev–Trinajstić information content (AvgIpc) is 3.33. The summed E-state index contributed by atoms with van der Waals surface area (Å²) in [5.41, 5.74) is 3.82. The van der Waals surface area contributed by atoms with Gasteiger partial charge < -0.3 is 19.9 Å². The van der Waals surface area contributed by atoms with E-state index in [9.17, 15) is 9.59 Å². The maximum Gasteiger partial charge on any atom is 0.230 e. The van der Waals surface area contributed by atoms with Gasteiger partial charge in [0.1, 0.15) is 0 Å². The van der Waals surface area contributed by atoms with Crippen molar-refractivity contribution < 1.29 is 14.3 Å². The van der Waals surface area contributed by atoms with Crippen molar-refractivity contribution in [2.75, 3.05) is 37.5 Å². The fourth-order valence-electron chi connectivity index (χ4n) is 4.44. The van der Waals surface area contributed by atoms with E-state index in [1.54, 1.807) is 0 Å². The lowest BCUT2D eigenvalue weighted by atomic mass is 9.94. The number of hydrogen-bond acceptors (Lipinski definition) is 4. The van der Waals surface area contributed by atoms with Gasteiger partial charge in [-0.15, -0.1) is 0 Å². The van der Waals surface area contributed by atoms with Crippen molar-refractivity contribution in [1.29, 1.82) is 0 Å². The normalized spacial score (nSPS) is 16.4. The number of rotatable bonds is 10. The van der Waals surface area contributed by atoms with Gasteiger partial charge in [-0.1, -0.05) is 51.1 Å². The summed E-state index contributed by atoms with van der Waals surface area (Å²) in [5.74, 6) is -0.212. The van der Waals surface area contributed by atoms with Crippen LogP contribution in [0.3, 0.4) is 0 Å². The summed E-state index contributed by atoms with van der Waals surface area (Å²) in [4.78, 5) is 30.2. The number of benzene rings is 2. The standard InChI is InChI=1S/C28H39N3O3/c1-6-25(21-11-8-7-9-12-21)28(33)31(19-24-13-10-16-34-24)18-22-17-23(29-27(32)20(2)3)14-15-26(22)30(4)5/h7-9,11-12,14-15,17,20,24-25H,6,10,13,16,18-19H2,1-5H3,(H,29,32)/t24-,25+/m1/s1. The van der Waals surface area contributed by atoms with Gasteiger partial charge in [0.2, 0.25) is 11.8 Å². The second-order valence-corrected chi connectivity index (χ2v) is 9.61. The van der Waals surface area contributed by atoms with Crippen LogP contribution >= 0.6 is 0 Å². The zero-order valence-electron chi connectivity index (χ0n) is 21.2. The molecule has 0 spiro atoms. The zero-order valence-corrected chi connectivity index (χ0v) is 21.2. The first kappa shape index (κ1) is 25.8. The fourth-order valence-corrected chi connectivity index (χ4v) is 4.44. The Hall–Kier alpha value is -2.86. The van der Waals surface area contributed by atoms with Gasteiger partial charge in [0.25, 0.3) is 0 Å².